The maximum atomic E-state index is 5.08. The summed E-state index contributed by atoms with van der Waals surface area (Å²) in [6.07, 6.45) is 3.49. The van der Waals surface area contributed by atoms with Crippen LogP contribution in [0.25, 0.3) is 11.1 Å². The van der Waals surface area contributed by atoms with E-state index < -0.39 is 0 Å². The fraction of sp³-hybridized carbons (Fsp3) is 0.167. The fourth-order valence-corrected chi connectivity index (χ4v) is 0.845. The lowest BCUT2D eigenvalue weighted by Gasteiger charge is -2.06. The van der Waals surface area contributed by atoms with E-state index in [0.29, 0.717) is 0 Å². The van der Waals surface area contributed by atoms with E-state index in [1.807, 2.05) is 13.1 Å². The number of rotatable bonds is 0. The molecule has 0 saturated carbocycles. The molecular weight excluding hydrogens is 116 g/mol. The van der Waals surface area contributed by atoms with Crippen molar-refractivity contribution in [2.45, 2.75) is 0 Å². The Hall–Kier alpha value is -1.25. The lowest BCUT2D eigenvalue weighted by atomic mass is 10.4. The van der Waals surface area contributed by atoms with Crippen LogP contribution >= 0.6 is 0 Å². The van der Waals surface area contributed by atoms with Crippen LogP contribution in [0.3, 0.4) is 0 Å². The van der Waals surface area contributed by atoms with Gasteiger partial charge in [0.05, 0.1) is 6.20 Å². The third-order valence-electron chi connectivity index (χ3n) is 1.34. The molecule has 0 amide bonds. The topological polar surface area (TPSA) is 31.0 Å². The van der Waals surface area contributed by atoms with Gasteiger partial charge in [0.25, 0.3) is 0 Å². The Morgan fingerprint density at radius 3 is 3.11 bits per heavy atom. The number of hydrogen-bond acceptors (Lipinski definition) is 2. The van der Waals surface area contributed by atoms with Crippen molar-refractivity contribution in [1.29, 1.82) is 0 Å². The molecule has 2 aromatic rings. The normalized spacial score (nSPS) is 10.8. The van der Waals surface area contributed by atoms with Gasteiger partial charge in [-0.1, -0.05) is 0 Å². The number of pyridine rings is 1. The third-order valence-corrected chi connectivity index (χ3v) is 1.34. The van der Waals surface area contributed by atoms with Gasteiger partial charge in [0, 0.05) is 19.3 Å². The molecule has 9 heavy (non-hydrogen) atoms. The van der Waals surface area contributed by atoms with Crippen molar-refractivity contribution in [2.75, 3.05) is 0 Å². The van der Waals surface area contributed by atoms with Gasteiger partial charge in [0.2, 0.25) is 0 Å². The summed E-state index contributed by atoms with van der Waals surface area (Å²) in [5.74, 6) is 0. The Morgan fingerprint density at radius 1 is 1.67 bits per heavy atom. The van der Waals surface area contributed by atoms with Crippen LogP contribution in [0.4, 0.5) is 0 Å². The minimum Gasteiger partial charge on any atom is -0.377 e. The third kappa shape index (κ3) is 0.483. The SMILES string of the molecule is Cn1oc2ccncc21. The molecule has 0 aliphatic rings. The standard InChI is InChI=1S/C6H6N2O/c1-8-5-4-7-3-2-6(5)9-8/h2-4H,1H3. The van der Waals surface area contributed by atoms with Crippen LogP contribution in [0.15, 0.2) is 23.0 Å². The van der Waals surface area contributed by atoms with Crippen LogP contribution in [-0.2, 0) is 7.05 Å². The number of nitrogens with zero attached hydrogens (tertiary/aromatic N) is 2. The second-order valence-corrected chi connectivity index (χ2v) is 1.93. The molecule has 3 heteroatoms. The van der Waals surface area contributed by atoms with Gasteiger partial charge in [-0.15, -0.1) is 0 Å². The molecule has 0 aliphatic carbocycles. The number of fused-ring (bicyclic) bond motifs is 1. The monoisotopic (exact) mass is 122 g/mol. The Balaban J connectivity index is 2.81. The molecule has 2 aromatic heterocycles. The van der Waals surface area contributed by atoms with Crippen LogP contribution in [-0.4, -0.2) is 9.72 Å². The molecule has 46 valence electrons. The summed E-state index contributed by atoms with van der Waals surface area (Å²) in [5, 5.41) is 0. The van der Waals surface area contributed by atoms with Gasteiger partial charge < -0.3 is 4.52 Å². The molecule has 0 bridgehead atoms. The molecule has 2 heterocycles. The van der Waals surface area contributed by atoms with Gasteiger partial charge >= 0.3 is 0 Å². The predicted octanol–water partition coefficient (Wildman–Crippen LogP) is 1.17. The van der Waals surface area contributed by atoms with Crippen molar-refractivity contribution in [3.8, 4) is 0 Å². The summed E-state index contributed by atoms with van der Waals surface area (Å²) in [6.45, 7) is 0. The highest BCUT2D eigenvalue weighted by molar-refractivity contribution is 5.72. The number of hydrogen-bond donors (Lipinski definition) is 0. The summed E-state index contributed by atoms with van der Waals surface area (Å²) < 4.78 is 6.76. The molecule has 0 radical (unpaired) electrons. The Kier molecular flexibility index (Phi) is 0.704. The minimum atomic E-state index is 0.910. The number of aryl methyl sites for hydroxylation is 1. The van der Waals surface area contributed by atoms with E-state index in [9.17, 15) is 0 Å². The first kappa shape index (κ1) is 4.61. The van der Waals surface area contributed by atoms with Gasteiger partial charge in [-0.2, -0.15) is 0 Å². The van der Waals surface area contributed by atoms with Crippen LogP contribution in [0, 0.1) is 0 Å². The molecule has 0 aromatic carbocycles. The van der Waals surface area contributed by atoms with E-state index in [2.05, 4.69) is 4.98 Å². The summed E-state index contributed by atoms with van der Waals surface area (Å²) in [4.78, 5) is 3.93. The highest BCUT2D eigenvalue weighted by Crippen LogP contribution is 2.13. The average Bonchev–Trinajstić information content (AvgIpc) is 1.86. The van der Waals surface area contributed by atoms with Crippen molar-refractivity contribution < 1.29 is 4.52 Å². The van der Waals surface area contributed by atoms with E-state index in [-0.39, 0.29) is 0 Å². The summed E-state index contributed by atoms with van der Waals surface area (Å²) in [7, 11) is 1.85. The summed E-state index contributed by atoms with van der Waals surface area (Å²) >= 11 is 0. The van der Waals surface area contributed by atoms with Crippen molar-refractivity contribution >= 4 is 11.1 Å². The van der Waals surface area contributed by atoms with Gasteiger partial charge in [-0.05, 0) is 0 Å². The van der Waals surface area contributed by atoms with Crippen molar-refractivity contribution in [3.05, 3.63) is 18.5 Å². The van der Waals surface area contributed by atoms with Gasteiger partial charge in [-0.25, -0.2) is 4.74 Å². The molecule has 3 nitrogen and oxygen atoms in total. The fourth-order valence-electron chi connectivity index (χ4n) is 0.845. The molecule has 0 saturated heterocycles. The zero-order valence-electron chi connectivity index (χ0n) is 5.03. The van der Waals surface area contributed by atoms with E-state index in [1.54, 1.807) is 17.1 Å². The second kappa shape index (κ2) is 1.37. The van der Waals surface area contributed by atoms with Crippen molar-refractivity contribution in [3.63, 3.8) is 0 Å². The molecule has 0 atom stereocenters. The van der Waals surface area contributed by atoms with Crippen LogP contribution < -0.4 is 0 Å². The molecule has 0 N–H and O–H groups in total. The van der Waals surface area contributed by atoms with Gasteiger partial charge in [-0.3, -0.25) is 4.98 Å². The first-order valence-electron chi connectivity index (χ1n) is 2.73. The zero-order chi connectivity index (χ0) is 6.27. The largest absolute Gasteiger partial charge is 0.377 e. The maximum Gasteiger partial charge on any atom is 0.185 e. The predicted molar refractivity (Wildman–Crippen MR) is 33.0 cm³/mol. The van der Waals surface area contributed by atoms with E-state index >= 15 is 0 Å². The quantitative estimate of drug-likeness (QED) is 0.525. The smallest absolute Gasteiger partial charge is 0.185 e. The van der Waals surface area contributed by atoms with Crippen LogP contribution in [0.1, 0.15) is 0 Å². The lowest BCUT2D eigenvalue weighted by molar-refractivity contribution is 0.305. The Morgan fingerprint density at radius 2 is 2.56 bits per heavy atom. The summed E-state index contributed by atoms with van der Waals surface area (Å²) in [6, 6.07) is 1.84. The summed E-state index contributed by atoms with van der Waals surface area (Å²) in [5.41, 5.74) is 1.96. The molecule has 0 fully saturated rings. The first-order valence-corrected chi connectivity index (χ1v) is 2.73. The lowest BCUT2D eigenvalue weighted by Crippen LogP contribution is -1.97. The highest BCUT2D eigenvalue weighted by Gasteiger charge is 2.01. The average molecular weight is 122 g/mol. The molecule has 2 rings (SSSR count). The van der Waals surface area contributed by atoms with E-state index in [0.717, 1.165) is 11.1 Å². The molecule has 0 spiro atoms. The maximum absolute atomic E-state index is 5.08. The minimum absolute atomic E-state index is 0.910. The Bertz CT molecular complexity index is 320. The molecule has 0 aliphatic heterocycles. The van der Waals surface area contributed by atoms with E-state index in [1.165, 1.54) is 0 Å². The highest BCUT2D eigenvalue weighted by atomic mass is 16.5. The second-order valence-electron chi connectivity index (χ2n) is 1.93. The van der Waals surface area contributed by atoms with E-state index in [4.69, 9.17) is 4.52 Å². The zero-order valence-corrected chi connectivity index (χ0v) is 5.03. The number of aromatic nitrogens is 2. The van der Waals surface area contributed by atoms with Gasteiger partial charge in [0.1, 0.15) is 5.52 Å². The van der Waals surface area contributed by atoms with Gasteiger partial charge in [0.15, 0.2) is 5.58 Å². The van der Waals surface area contributed by atoms with Crippen molar-refractivity contribution in [1.82, 2.24) is 9.72 Å². The first-order chi connectivity index (χ1) is 4.38. The molecular formula is C6H6N2O. The molecule has 0 unspecified atom stereocenters. The van der Waals surface area contributed by atoms with Crippen molar-refractivity contribution in [2.24, 2.45) is 7.05 Å². The van der Waals surface area contributed by atoms with Crippen LogP contribution in [0.5, 0.6) is 0 Å². The van der Waals surface area contributed by atoms with Crippen LogP contribution in [0.2, 0.25) is 0 Å². The Labute approximate surface area is 51.9 Å².